The first-order valence-corrected chi connectivity index (χ1v) is 6.29. The first kappa shape index (κ1) is 12.3. The third kappa shape index (κ3) is 2.24. The van der Waals surface area contributed by atoms with Gasteiger partial charge in [0, 0.05) is 13.1 Å². The molecule has 1 amide bonds. The summed E-state index contributed by atoms with van der Waals surface area (Å²) in [5.41, 5.74) is 0.869. The molecule has 6 nitrogen and oxygen atoms in total. The van der Waals surface area contributed by atoms with Crippen molar-refractivity contribution in [2.45, 2.75) is 18.3 Å². The fourth-order valence-electron chi connectivity index (χ4n) is 2.40. The van der Waals surface area contributed by atoms with Gasteiger partial charge in [-0.25, -0.2) is 0 Å². The van der Waals surface area contributed by atoms with E-state index in [1.54, 1.807) is 6.07 Å². The maximum Gasteiger partial charge on any atom is 0.265 e. The Morgan fingerprint density at radius 1 is 1.26 bits per heavy atom. The van der Waals surface area contributed by atoms with Gasteiger partial charge in [0.25, 0.3) is 5.91 Å². The third-order valence-corrected chi connectivity index (χ3v) is 3.48. The molecular formula is C13H16N2O4. The number of benzene rings is 1. The van der Waals surface area contributed by atoms with E-state index in [-0.39, 0.29) is 19.0 Å². The Morgan fingerprint density at radius 3 is 2.68 bits per heavy atom. The quantitative estimate of drug-likeness (QED) is 0.632. The lowest BCUT2D eigenvalue weighted by Gasteiger charge is -2.29. The minimum Gasteiger partial charge on any atom is -0.477 e. The Kier molecular flexibility index (Phi) is 3.04. The normalized spacial score (nSPS) is 29.4. The molecule has 19 heavy (non-hydrogen) atoms. The van der Waals surface area contributed by atoms with Crippen LogP contribution < -0.4 is 10.1 Å². The van der Waals surface area contributed by atoms with Gasteiger partial charge in [0.2, 0.25) is 0 Å². The number of likely N-dealkylation sites (tertiary alicyclic amines) is 1. The van der Waals surface area contributed by atoms with Crippen LogP contribution >= 0.6 is 0 Å². The fourth-order valence-corrected chi connectivity index (χ4v) is 2.40. The monoisotopic (exact) mass is 264 g/mol. The molecule has 3 N–H and O–H groups in total. The number of ether oxygens (including phenoxy) is 1. The first-order valence-electron chi connectivity index (χ1n) is 6.29. The topological polar surface area (TPSA) is 82.0 Å². The summed E-state index contributed by atoms with van der Waals surface area (Å²) >= 11 is 0. The van der Waals surface area contributed by atoms with Gasteiger partial charge in [-0.15, -0.1) is 0 Å². The molecule has 0 spiro atoms. The number of carbonyl (C=O) groups is 1. The van der Waals surface area contributed by atoms with Crippen molar-refractivity contribution in [3.05, 3.63) is 24.3 Å². The molecule has 2 heterocycles. The van der Waals surface area contributed by atoms with Crippen LogP contribution in [0.4, 0.5) is 5.69 Å². The molecule has 2 aliphatic heterocycles. The van der Waals surface area contributed by atoms with Crippen LogP contribution in [0.3, 0.4) is 0 Å². The molecule has 3 unspecified atom stereocenters. The number of anilines is 1. The predicted molar refractivity (Wildman–Crippen MR) is 67.9 cm³/mol. The second-order valence-electron chi connectivity index (χ2n) is 4.86. The van der Waals surface area contributed by atoms with Gasteiger partial charge in [0.1, 0.15) is 5.75 Å². The van der Waals surface area contributed by atoms with Crippen LogP contribution in [0.25, 0.3) is 0 Å². The van der Waals surface area contributed by atoms with Crippen molar-refractivity contribution >= 4 is 11.6 Å². The van der Waals surface area contributed by atoms with Crippen LogP contribution in [-0.4, -0.2) is 59.0 Å². The zero-order valence-electron chi connectivity index (χ0n) is 10.3. The van der Waals surface area contributed by atoms with Crippen molar-refractivity contribution in [3.63, 3.8) is 0 Å². The molecule has 3 rings (SSSR count). The fraction of sp³-hybridized carbons (Fsp3) is 0.462. The lowest BCUT2D eigenvalue weighted by molar-refractivity contribution is -0.137. The number of β-amino-alcohol motifs (C(OH)–C–C–N with tert-alkyl or cyclic N) is 2. The summed E-state index contributed by atoms with van der Waals surface area (Å²) in [6.45, 7) is 0.696. The number of carbonyl (C=O) groups excluding carboxylic acids is 1. The zero-order chi connectivity index (χ0) is 13.4. The zero-order valence-corrected chi connectivity index (χ0v) is 10.3. The lowest BCUT2D eigenvalue weighted by Crippen LogP contribution is -2.46. The lowest BCUT2D eigenvalue weighted by atomic mass is 10.2. The molecule has 1 saturated heterocycles. The van der Waals surface area contributed by atoms with Crippen LogP contribution in [0.5, 0.6) is 5.75 Å². The van der Waals surface area contributed by atoms with Crippen molar-refractivity contribution in [1.29, 1.82) is 0 Å². The van der Waals surface area contributed by atoms with Crippen molar-refractivity contribution in [1.82, 2.24) is 4.90 Å². The molecule has 1 aromatic rings. The number of nitrogens with one attached hydrogen (secondary N) is 1. The van der Waals surface area contributed by atoms with Crippen molar-refractivity contribution in [2.75, 3.05) is 25.0 Å². The largest absolute Gasteiger partial charge is 0.477 e. The van der Waals surface area contributed by atoms with Crippen LogP contribution in [0.1, 0.15) is 0 Å². The Morgan fingerprint density at radius 2 is 1.95 bits per heavy atom. The van der Waals surface area contributed by atoms with Gasteiger partial charge in [-0.3, -0.25) is 4.79 Å². The molecule has 3 atom stereocenters. The molecule has 6 heteroatoms. The Hall–Kier alpha value is -1.79. The van der Waals surface area contributed by atoms with Gasteiger partial charge in [0.05, 0.1) is 24.4 Å². The van der Waals surface area contributed by atoms with E-state index in [1.807, 2.05) is 18.2 Å². The number of aliphatic hydroxyl groups is 2. The number of amides is 1. The Labute approximate surface area is 110 Å². The van der Waals surface area contributed by atoms with E-state index in [9.17, 15) is 15.0 Å². The SMILES string of the molecule is O=C(C1CNc2ccccc2O1)N1CC(O)C(O)C1. The maximum atomic E-state index is 12.2. The number of nitrogens with zero attached hydrogens (tertiary/aromatic N) is 1. The molecule has 1 aromatic carbocycles. The highest BCUT2D eigenvalue weighted by Crippen LogP contribution is 2.29. The average molecular weight is 264 g/mol. The molecule has 0 saturated carbocycles. The van der Waals surface area contributed by atoms with Gasteiger partial charge in [-0.1, -0.05) is 12.1 Å². The smallest absolute Gasteiger partial charge is 0.265 e. The number of rotatable bonds is 1. The molecule has 0 bridgehead atoms. The summed E-state index contributed by atoms with van der Waals surface area (Å²) in [6, 6.07) is 7.43. The molecule has 1 fully saturated rings. The van der Waals surface area contributed by atoms with Crippen LogP contribution in [0.2, 0.25) is 0 Å². The molecule has 0 radical (unpaired) electrons. The summed E-state index contributed by atoms with van der Waals surface area (Å²) in [4.78, 5) is 13.7. The average Bonchev–Trinajstić information content (AvgIpc) is 2.77. The minimum absolute atomic E-state index is 0.154. The third-order valence-electron chi connectivity index (χ3n) is 3.48. The molecular weight excluding hydrogens is 248 g/mol. The van der Waals surface area contributed by atoms with Gasteiger partial charge >= 0.3 is 0 Å². The molecule has 0 aliphatic carbocycles. The molecule has 2 aliphatic rings. The maximum absolute atomic E-state index is 12.2. The number of para-hydroxylation sites is 2. The van der Waals surface area contributed by atoms with E-state index < -0.39 is 18.3 Å². The number of hydrogen-bond donors (Lipinski definition) is 3. The summed E-state index contributed by atoms with van der Waals surface area (Å²) in [7, 11) is 0. The summed E-state index contributed by atoms with van der Waals surface area (Å²) < 4.78 is 5.66. The van der Waals surface area contributed by atoms with Crippen LogP contribution in [0, 0.1) is 0 Å². The highest BCUT2D eigenvalue weighted by molar-refractivity contribution is 5.83. The summed E-state index contributed by atoms with van der Waals surface area (Å²) in [5, 5.41) is 22.1. The minimum atomic E-state index is -0.868. The van der Waals surface area contributed by atoms with Gasteiger partial charge in [-0.2, -0.15) is 0 Å². The summed E-state index contributed by atoms with van der Waals surface area (Å²) in [6.07, 6.45) is -2.35. The highest BCUT2D eigenvalue weighted by Gasteiger charge is 2.37. The van der Waals surface area contributed by atoms with Crippen molar-refractivity contribution in [2.24, 2.45) is 0 Å². The van der Waals surface area contributed by atoms with Gasteiger partial charge in [-0.05, 0) is 12.1 Å². The van der Waals surface area contributed by atoms with E-state index in [0.29, 0.717) is 12.3 Å². The highest BCUT2D eigenvalue weighted by atomic mass is 16.5. The van der Waals surface area contributed by atoms with E-state index in [1.165, 1.54) is 4.90 Å². The number of fused-ring (bicyclic) bond motifs is 1. The van der Waals surface area contributed by atoms with Gasteiger partial charge < -0.3 is 25.2 Å². The first-order chi connectivity index (χ1) is 9.15. The van der Waals surface area contributed by atoms with E-state index in [0.717, 1.165) is 5.69 Å². The van der Waals surface area contributed by atoms with Gasteiger partial charge in [0.15, 0.2) is 6.10 Å². The van der Waals surface area contributed by atoms with E-state index >= 15 is 0 Å². The van der Waals surface area contributed by atoms with Crippen LogP contribution in [-0.2, 0) is 4.79 Å². The molecule has 0 aromatic heterocycles. The summed E-state index contributed by atoms with van der Waals surface area (Å²) in [5.74, 6) is 0.435. The van der Waals surface area contributed by atoms with Crippen molar-refractivity contribution < 1.29 is 19.7 Å². The van der Waals surface area contributed by atoms with E-state index in [4.69, 9.17) is 4.74 Å². The number of hydrogen-bond acceptors (Lipinski definition) is 5. The van der Waals surface area contributed by atoms with E-state index in [2.05, 4.69) is 5.32 Å². The standard InChI is InChI=1S/C13H16N2O4/c16-9-6-15(7-10(9)17)13(18)12-5-14-8-3-1-2-4-11(8)19-12/h1-4,9-10,12,14,16-17H,5-7H2. The van der Waals surface area contributed by atoms with Crippen LogP contribution in [0.15, 0.2) is 24.3 Å². The molecule has 102 valence electrons. The second-order valence-corrected chi connectivity index (χ2v) is 4.86. The van der Waals surface area contributed by atoms with Crippen molar-refractivity contribution in [3.8, 4) is 5.75 Å². The second kappa shape index (κ2) is 4.71. The predicted octanol–water partition coefficient (Wildman–Crippen LogP) is -0.577. The number of aliphatic hydroxyl groups excluding tert-OH is 2. The Balaban J connectivity index is 1.70. The Bertz CT molecular complexity index is 483.